The molecule has 5 N–H and O–H groups in total. The van der Waals surface area contributed by atoms with Gasteiger partial charge in [0.1, 0.15) is 34.8 Å². The van der Waals surface area contributed by atoms with Crippen LogP contribution in [0.25, 0.3) is 27.8 Å². The van der Waals surface area contributed by atoms with Crippen molar-refractivity contribution in [3.63, 3.8) is 0 Å². The van der Waals surface area contributed by atoms with E-state index in [1.165, 1.54) is 41.2 Å². The number of carbonyl (C=O) groups is 1. The molecule has 42 heavy (non-hydrogen) atoms. The fourth-order valence-corrected chi connectivity index (χ4v) is 4.42. The fourth-order valence-electron chi connectivity index (χ4n) is 4.42. The number of aromatic nitrogens is 2. The van der Waals surface area contributed by atoms with Gasteiger partial charge in [0.2, 0.25) is 5.43 Å². The van der Waals surface area contributed by atoms with Gasteiger partial charge in [0.05, 0.1) is 5.56 Å². The Morgan fingerprint density at radius 3 is 2.45 bits per heavy atom. The molecular weight excluding hydrogens is 540 g/mol. The van der Waals surface area contributed by atoms with E-state index in [2.05, 4.69) is 15.6 Å². The molecule has 4 rings (SSSR count). The minimum absolute atomic E-state index is 0.0257. The van der Waals surface area contributed by atoms with Crippen molar-refractivity contribution in [2.45, 2.75) is 19.9 Å². The zero-order valence-electron chi connectivity index (χ0n) is 23.0. The summed E-state index contributed by atoms with van der Waals surface area (Å²) in [6.45, 7) is 3.56. The summed E-state index contributed by atoms with van der Waals surface area (Å²) in [6, 6.07) is 12.3. The Hall–Kier alpha value is -5.63. The van der Waals surface area contributed by atoms with Gasteiger partial charge in [-0.25, -0.2) is 13.8 Å². The minimum Gasteiger partial charge on any atom is -0.393 e. The number of hydrogen-bond acceptors (Lipinski definition) is 7. The first-order valence-corrected chi connectivity index (χ1v) is 12.8. The predicted molar refractivity (Wildman–Crippen MR) is 159 cm³/mol. The number of halogens is 2. The lowest BCUT2D eigenvalue weighted by Crippen LogP contribution is -2.27. The number of carbonyl (C=O) groups excluding carboxylic acids is 1. The van der Waals surface area contributed by atoms with Gasteiger partial charge in [-0.15, -0.1) is 0 Å². The Balaban J connectivity index is 1.74. The molecule has 0 unspecified atom stereocenters. The summed E-state index contributed by atoms with van der Waals surface area (Å²) in [5, 5.41) is 22.9. The monoisotopic (exact) mass is 567 g/mol. The largest absolute Gasteiger partial charge is 0.393 e. The smallest absolute Gasteiger partial charge is 0.261 e. The van der Waals surface area contributed by atoms with E-state index in [4.69, 9.17) is 11.1 Å². The summed E-state index contributed by atoms with van der Waals surface area (Å²) in [4.78, 5) is 31.0. The molecule has 2 heterocycles. The number of nitrogens with one attached hydrogen (secondary N) is 3. The highest BCUT2D eigenvalue weighted by atomic mass is 19.1. The first kappa shape index (κ1) is 29.4. The van der Waals surface area contributed by atoms with Gasteiger partial charge in [-0.1, -0.05) is 12.1 Å². The number of amides is 1. The van der Waals surface area contributed by atoms with Crippen LogP contribution in [-0.2, 0) is 0 Å². The number of nitriles is 1. The highest BCUT2D eigenvalue weighted by Crippen LogP contribution is 2.31. The molecule has 11 heteroatoms. The Morgan fingerprint density at radius 2 is 1.86 bits per heavy atom. The van der Waals surface area contributed by atoms with Crippen LogP contribution in [0.5, 0.6) is 0 Å². The third kappa shape index (κ3) is 5.78. The zero-order valence-corrected chi connectivity index (χ0v) is 23.0. The standard InChI is InChI=1S/C31H27F2N7O2/c1-17(2)40-16-25(29(41)28(27(40)13-35)18-4-6-21(32)7-5-18)31(42)39-22-8-9-23(26(33)11-22)24-10-19(15-38-30(24)36)20(12-34)14-37-3/h4-12,14-17,34,37H,1-3H3,(H2,36,38)(H,39,42)/b20-14+,34-12?. The lowest BCUT2D eigenvalue weighted by molar-refractivity contribution is 0.102. The van der Waals surface area contributed by atoms with Crippen LogP contribution < -0.4 is 21.8 Å². The molecule has 2 aromatic carbocycles. The minimum atomic E-state index is -0.814. The maximum atomic E-state index is 15.4. The second-order valence-corrected chi connectivity index (χ2v) is 9.55. The van der Waals surface area contributed by atoms with E-state index in [9.17, 15) is 19.2 Å². The Morgan fingerprint density at radius 1 is 1.14 bits per heavy atom. The van der Waals surface area contributed by atoms with Crippen molar-refractivity contribution in [2.75, 3.05) is 18.1 Å². The van der Waals surface area contributed by atoms with Gasteiger partial charge in [-0.3, -0.25) is 9.59 Å². The molecule has 4 aromatic rings. The summed E-state index contributed by atoms with van der Waals surface area (Å²) < 4.78 is 30.4. The molecule has 212 valence electrons. The average molecular weight is 568 g/mol. The van der Waals surface area contributed by atoms with Crippen LogP contribution in [0.3, 0.4) is 0 Å². The van der Waals surface area contributed by atoms with Crippen molar-refractivity contribution in [3.8, 4) is 28.3 Å². The van der Waals surface area contributed by atoms with Crippen molar-refractivity contribution in [1.82, 2.24) is 14.9 Å². The van der Waals surface area contributed by atoms with Crippen LogP contribution in [0.2, 0.25) is 0 Å². The summed E-state index contributed by atoms with van der Waals surface area (Å²) in [5.74, 6) is -1.97. The molecular formula is C31H27F2N7O2. The van der Waals surface area contributed by atoms with Gasteiger partial charge in [0.15, 0.2) is 0 Å². The topological polar surface area (TPSA) is 150 Å². The van der Waals surface area contributed by atoms with Gasteiger partial charge in [-0.05, 0) is 55.8 Å². The second kappa shape index (κ2) is 12.3. The maximum Gasteiger partial charge on any atom is 0.261 e. The van der Waals surface area contributed by atoms with Gasteiger partial charge >= 0.3 is 0 Å². The third-order valence-electron chi connectivity index (χ3n) is 6.50. The van der Waals surface area contributed by atoms with E-state index >= 15 is 4.39 Å². The Labute approximate surface area is 240 Å². The van der Waals surface area contributed by atoms with Gasteiger partial charge in [-0.2, -0.15) is 5.26 Å². The third-order valence-corrected chi connectivity index (χ3v) is 6.50. The molecule has 0 atom stereocenters. The molecule has 0 aliphatic carbocycles. The normalized spacial score (nSPS) is 11.2. The predicted octanol–water partition coefficient (Wildman–Crippen LogP) is 5.35. The first-order valence-electron chi connectivity index (χ1n) is 12.8. The van der Waals surface area contributed by atoms with E-state index in [0.29, 0.717) is 16.7 Å². The first-order chi connectivity index (χ1) is 20.1. The number of rotatable bonds is 8. The van der Waals surface area contributed by atoms with Crippen molar-refractivity contribution >= 4 is 29.2 Å². The van der Waals surface area contributed by atoms with Gasteiger partial charge < -0.3 is 26.3 Å². The second-order valence-electron chi connectivity index (χ2n) is 9.55. The number of pyridine rings is 2. The van der Waals surface area contributed by atoms with Crippen LogP contribution in [0.4, 0.5) is 20.3 Å². The summed E-state index contributed by atoms with van der Waals surface area (Å²) >= 11 is 0. The molecule has 9 nitrogen and oxygen atoms in total. The van der Waals surface area contributed by atoms with Gasteiger partial charge in [0, 0.05) is 65.8 Å². The highest BCUT2D eigenvalue weighted by molar-refractivity contribution is 6.08. The zero-order chi connectivity index (χ0) is 30.6. The molecule has 0 saturated heterocycles. The van der Waals surface area contributed by atoms with Crippen molar-refractivity contribution < 1.29 is 13.6 Å². The van der Waals surface area contributed by atoms with E-state index in [1.54, 1.807) is 33.2 Å². The van der Waals surface area contributed by atoms with Crippen LogP contribution in [0.15, 0.2) is 71.9 Å². The van der Waals surface area contributed by atoms with Gasteiger partial charge in [0.25, 0.3) is 5.91 Å². The summed E-state index contributed by atoms with van der Waals surface area (Å²) in [5.41, 5.74) is 6.82. The number of allylic oxidation sites excluding steroid dienone is 1. The lowest BCUT2D eigenvalue weighted by atomic mass is 9.99. The van der Waals surface area contributed by atoms with Crippen LogP contribution in [0.1, 0.15) is 41.5 Å². The molecule has 0 aliphatic rings. The average Bonchev–Trinajstić information content (AvgIpc) is 2.96. The Kier molecular flexibility index (Phi) is 8.57. The SMILES string of the molecule is CN/C=C(\C=N)c1cnc(N)c(-c2ccc(NC(=O)c3cn(C(C)C)c(C#N)c(-c4ccc(F)cc4)c3=O)cc2F)c1. The molecule has 0 spiro atoms. The molecule has 0 bridgehead atoms. The molecule has 1 amide bonds. The highest BCUT2D eigenvalue weighted by Gasteiger charge is 2.23. The fraction of sp³-hybridized carbons (Fsp3) is 0.129. The van der Waals surface area contributed by atoms with Crippen molar-refractivity contribution in [3.05, 3.63) is 106 Å². The molecule has 2 aromatic heterocycles. The van der Waals surface area contributed by atoms with E-state index in [1.807, 2.05) is 6.07 Å². The van der Waals surface area contributed by atoms with Crippen molar-refractivity contribution in [1.29, 1.82) is 10.7 Å². The molecule has 0 saturated carbocycles. The van der Waals surface area contributed by atoms with Crippen LogP contribution in [0, 0.1) is 28.4 Å². The Bertz CT molecular complexity index is 1820. The summed E-state index contributed by atoms with van der Waals surface area (Å²) in [6.07, 6.45) is 5.48. The van der Waals surface area contributed by atoms with E-state index in [-0.39, 0.29) is 45.5 Å². The molecule has 0 aliphatic heterocycles. The van der Waals surface area contributed by atoms with E-state index in [0.717, 1.165) is 24.4 Å². The number of nitrogen functional groups attached to an aromatic ring is 1. The van der Waals surface area contributed by atoms with E-state index < -0.39 is 23.0 Å². The van der Waals surface area contributed by atoms with Crippen LogP contribution in [-0.4, -0.2) is 28.7 Å². The lowest BCUT2D eigenvalue weighted by Gasteiger charge is -2.18. The van der Waals surface area contributed by atoms with Crippen LogP contribution >= 0.6 is 0 Å². The maximum absolute atomic E-state index is 15.4. The number of nitrogens with two attached hydrogens (primary N) is 1. The summed E-state index contributed by atoms with van der Waals surface area (Å²) in [7, 11) is 1.68. The number of anilines is 2. The van der Waals surface area contributed by atoms with Crippen molar-refractivity contribution in [2.24, 2.45) is 0 Å². The number of benzene rings is 2. The quantitative estimate of drug-likeness (QED) is 0.211. The molecule has 0 radical (unpaired) electrons. The number of hydrogen-bond donors (Lipinski definition) is 4. The molecule has 0 fully saturated rings. The number of nitrogens with zero attached hydrogens (tertiary/aromatic N) is 3.